The second-order valence-corrected chi connectivity index (χ2v) is 5.03. The van der Waals surface area contributed by atoms with Crippen LogP contribution in [0.4, 0.5) is 5.69 Å². The molecule has 0 aliphatic carbocycles. The molecule has 0 aliphatic rings. The van der Waals surface area contributed by atoms with Gasteiger partial charge in [0.1, 0.15) is 4.88 Å². The third-order valence-electron chi connectivity index (χ3n) is 2.46. The van der Waals surface area contributed by atoms with Crippen molar-refractivity contribution >= 4 is 33.1 Å². The number of aromatic carboxylic acids is 1. The number of anilines is 1. The summed E-state index contributed by atoms with van der Waals surface area (Å²) in [5.74, 6) is -0.859. The first-order valence-corrected chi connectivity index (χ1v) is 5.76. The Bertz CT molecular complexity index is 557. The molecule has 0 amide bonds. The van der Waals surface area contributed by atoms with Crippen molar-refractivity contribution in [3.05, 3.63) is 28.6 Å². The van der Waals surface area contributed by atoms with Crippen LogP contribution in [-0.4, -0.2) is 25.2 Å². The molecule has 0 bridgehead atoms. The lowest BCUT2D eigenvalue weighted by atomic mass is 10.1. The van der Waals surface area contributed by atoms with E-state index in [1.807, 2.05) is 44.1 Å². The molecule has 1 N–H and O–H groups in total. The number of thiophene rings is 1. The van der Waals surface area contributed by atoms with E-state index < -0.39 is 5.97 Å². The molecular weight excluding hydrogens is 222 g/mol. The maximum Gasteiger partial charge on any atom is 0.348 e. The molecule has 0 radical (unpaired) electrons. The molecule has 2 aromatic rings. The van der Waals surface area contributed by atoms with Gasteiger partial charge in [-0.15, -0.1) is 11.3 Å². The van der Waals surface area contributed by atoms with Gasteiger partial charge < -0.3 is 10.0 Å². The van der Waals surface area contributed by atoms with Gasteiger partial charge in [0.05, 0.1) is 5.69 Å². The van der Waals surface area contributed by atoms with E-state index >= 15 is 0 Å². The normalized spacial score (nSPS) is 10.7. The van der Waals surface area contributed by atoms with E-state index in [-0.39, 0.29) is 0 Å². The smallest absolute Gasteiger partial charge is 0.348 e. The zero-order chi connectivity index (χ0) is 11.9. The van der Waals surface area contributed by atoms with Gasteiger partial charge in [0.2, 0.25) is 0 Å². The fraction of sp³-hybridized carbons (Fsp3) is 0.250. The molecule has 16 heavy (non-hydrogen) atoms. The molecule has 1 aromatic heterocycles. The Morgan fingerprint density at radius 1 is 1.38 bits per heavy atom. The van der Waals surface area contributed by atoms with Gasteiger partial charge in [-0.2, -0.15) is 0 Å². The summed E-state index contributed by atoms with van der Waals surface area (Å²) in [5, 5.41) is 10.2. The maximum absolute atomic E-state index is 11.2. The summed E-state index contributed by atoms with van der Waals surface area (Å²) in [6.07, 6.45) is 0. The zero-order valence-electron chi connectivity index (χ0n) is 9.44. The van der Waals surface area contributed by atoms with Gasteiger partial charge in [-0.1, -0.05) is 11.6 Å². The summed E-state index contributed by atoms with van der Waals surface area (Å²) < 4.78 is 1.02. The minimum absolute atomic E-state index is 0.408. The van der Waals surface area contributed by atoms with Crippen LogP contribution >= 0.6 is 11.3 Å². The molecule has 0 spiro atoms. The lowest BCUT2D eigenvalue weighted by Crippen LogP contribution is -2.11. The van der Waals surface area contributed by atoms with Crippen molar-refractivity contribution in [1.29, 1.82) is 0 Å². The monoisotopic (exact) mass is 235 g/mol. The van der Waals surface area contributed by atoms with Crippen LogP contribution in [0.5, 0.6) is 0 Å². The van der Waals surface area contributed by atoms with Crippen LogP contribution in [0, 0.1) is 6.92 Å². The SMILES string of the molecule is Cc1ccc2sc(C(=O)O)c(N(C)C)c2c1. The Morgan fingerprint density at radius 3 is 2.62 bits per heavy atom. The number of benzene rings is 1. The lowest BCUT2D eigenvalue weighted by molar-refractivity contribution is 0.0703. The molecule has 84 valence electrons. The van der Waals surface area contributed by atoms with Gasteiger partial charge in [0.15, 0.2) is 0 Å². The van der Waals surface area contributed by atoms with Crippen LogP contribution in [0.25, 0.3) is 10.1 Å². The Balaban J connectivity index is 2.82. The van der Waals surface area contributed by atoms with Gasteiger partial charge in [-0.05, 0) is 19.1 Å². The minimum atomic E-state index is -0.859. The fourth-order valence-electron chi connectivity index (χ4n) is 1.79. The highest BCUT2D eigenvalue weighted by atomic mass is 32.1. The maximum atomic E-state index is 11.2. The fourth-order valence-corrected chi connectivity index (χ4v) is 2.89. The first-order chi connectivity index (χ1) is 7.50. The van der Waals surface area contributed by atoms with Crippen molar-refractivity contribution in [2.75, 3.05) is 19.0 Å². The Labute approximate surface area is 97.9 Å². The molecule has 0 aliphatic heterocycles. The topological polar surface area (TPSA) is 40.5 Å². The molecule has 0 saturated heterocycles. The van der Waals surface area contributed by atoms with Gasteiger partial charge in [-0.25, -0.2) is 4.79 Å². The highest BCUT2D eigenvalue weighted by molar-refractivity contribution is 7.21. The van der Waals surface area contributed by atoms with E-state index in [2.05, 4.69) is 0 Å². The predicted molar refractivity (Wildman–Crippen MR) is 67.8 cm³/mol. The summed E-state index contributed by atoms with van der Waals surface area (Å²) >= 11 is 1.33. The molecule has 0 unspecified atom stereocenters. The van der Waals surface area contributed by atoms with Crippen LogP contribution in [0.3, 0.4) is 0 Å². The molecular formula is C12H13NO2S. The van der Waals surface area contributed by atoms with Crippen molar-refractivity contribution in [3.63, 3.8) is 0 Å². The third-order valence-corrected chi connectivity index (χ3v) is 3.61. The summed E-state index contributed by atoms with van der Waals surface area (Å²) in [6.45, 7) is 2.01. The second kappa shape index (κ2) is 3.79. The molecule has 1 aromatic carbocycles. The summed E-state index contributed by atoms with van der Waals surface area (Å²) in [7, 11) is 3.74. The average Bonchev–Trinajstić information content (AvgIpc) is 2.55. The van der Waals surface area contributed by atoms with Gasteiger partial charge >= 0.3 is 5.97 Å². The lowest BCUT2D eigenvalue weighted by Gasteiger charge is -2.12. The highest BCUT2D eigenvalue weighted by Gasteiger charge is 2.18. The number of fused-ring (bicyclic) bond motifs is 1. The molecule has 0 saturated carbocycles. The number of nitrogens with zero attached hydrogens (tertiary/aromatic N) is 1. The molecule has 4 heteroatoms. The number of carboxylic acid groups (broad SMARTS) is 1. The largest absolute Gasteiger partial charge is 0.477 e. The summed E-state index contributed by atoms with van der Waals surface area (Å²) in [4.78, 5) is 13.4. The number of carbonyl (C=O) groups is 1. The van der Waals surface area contributed by atoms with Gasteiger partial charge in [0, 0.05) is 24.2 Å². The molecule has 0 atom stereocenters. The van der Waals surface area contributed by atoms with Crippen molar-refractivity contribution in [2.24, 2.45) is 0 Å². The van der Waals surface area contributed by atoms with E-state index in [1.54, 1.807) is 0 Å². The molecule has 0 fully saturated rings. The number of hydrogen-bond acceptors (Lipinski definition) is 3. The van der Waals surface area contributed by atoms with Crippen LogP contribution in [0.2, 0.25) is 0 Å². The van der Waals surface area contributed by atoms with Crippen molar-refractivity contribution < 1.29 is 9.90 Å². The Morgan fingerprint density at radius 2 is 2.06 bits per heavy atom. The first kappa shape index (κ1) is 11.0. The van der Waals surface area contributed by atoms with Crippen LogP contribution in [0.15, 0.2) is 18.2 Å². The van der Waals surface area contributed by atoms with Crippen molar-refractivity contribution in [2.45, 2.75) is 6.92 Å². The highest BCUT2D eigenvalue weighted by Crippen LogP contribution is 2.37. The first-order valence-electron chi connectivity index (χ1n) is 4.94. The number of rotatable bonds is 2. The van der Waals surface area contributed by atoms with Crippen molar-refractivity contribution in [3.8, 4) is 0 Å². The minimum Gasteiger partial charge on any atom is -0.477 e. The van der Waals surface area contributed by atoms with Crippen molar-refractivity contribution in [1.82, 2.24) is 0 Å². The molecule has 2 rings (SSSR count). The quantitative estimate of drug-likeness (QED) is 0.870. The van der Waals surface area contributed by atoms with E-state index in [1.165, 1.54) is 11.3 Å². The molecule has 3 nitrogen and oxygen atoms in total. The van der Waals surface area contributed by atoms with Crippen LogP contribution < -0.4 is 4.90 Å². The average molecular weight is 235 g/mol. The number of aryl methyl sites for hydroxylation is 1. The third kappa shape index (κ3) is 1.65. The Hall–Kier alpha value is -1.55. The predicted octanol–water partition coefficient (Wildman–Crippen LogP) is 2.97. The van der Waals surface area contributed by atoms with E-state index in [9.17, 15) is 4.79 Å². The number of hydrogen-bond donors (Lipinski definition) is 1. The van der Waals surface area contributed by atoms with E-state index in [0.717, 1.165) is 21.3 Å². The van der Waals surface area contributed by atoms with E-state index in [0.29, 0.717) is 4.88 Å². The van der Waals surface area contributed by atoms with Crippen LogP contribution in [-0.2, 0) is 0 Å². The number of carboxylic acids is 1. The summed E-state index contributed by atoms with van der Waals surface area (Å²) in [5.41, 5.74) is 1.95. The van der Waals surface area contributed by atoms with Crippen LogP contribution in [0.1, 0.15) is 15.2 Å². The Kier molecular flexibility index (Phi) is 2.59. The summed E-state index contributed by atoms with van der Waals surface area (Å²) in [6, 6.07) is 6.02. The zero-order valence-corrected chi connectivity index (χ0v) is 10.3. The standard InChI is InChI=1S/C12H13NO2S/c1-7-4-5-9-8(6-7)10(13(2)3)11(16-9)12(14)15/h4-6H,1-3H3,(H,14,15). The van der Waals surface area contributed by atoms with E-state index in [4.69, 9.17) is 5.11 Å². The van der Waals surface area contributed by atoms with Gasteiger partial charge in [0.25, 0.3) is 0 Å². The van der Waals surface area contributed by atoms with Gasteiger partial charge in [-0.3, -0.25) is 0 Å². The molecule has 1 heterocycles. The second-order valence-electron chi connectivity index (χ2n) is 3.98.